The van der Waals surface area contributed by atoms with E-state index in [1.54, 1.807) is 6.20 Å². The van der Waals surface area contributed by atoms with Crippen molar-refractivity contribution in [2.75, 3.05) is 0 Å². The number of fused-ring (bicyclic) bond motifs is 4. The molecule has 56 heavy (non-hydrogen) atoms. The Morgan fingerprint density at radius 2 is 0.732 bits per heavy atom. The first kappa shape index (κ1) is 36.5. The van der Waals surface area contributed by atoms with E-state index < -0.39 is 7.12 Å². The zero-order chi connectivity index (χ0) is 38.3. The Labute approximate surface area is 334 Å². The molecule has 0 fully saturated rings. The summed E-state index contributed by atoms with van der Waals surface area (Å²) in [4.78, 5) is 8.66. The standard InChI is InChI=1S/C25H17N.C14H11BO2.C11H8BrN/c1-2-8-18(9-3-1)21-15-22(17-26-16-21)25-23-12-6-4-10-19(23)14-20-11-5-7-13-24(20)25;16-15(17)14-12-7-3-1-5-10(12)9-11-6-2-4-8-13(11)14;12-11-6-10(7-13-8-11)9-4-2-1-3-5-9/h1-17H;1-9,16-17H;1-8H. The third-order valence-corrected chi connectivity index (χ3v) is 10.2. The number of benzene rings is 8. The van der Waals surface area contributed by atoms with Crippen LogP contribution in [-0.2, 0) is 0 Å². The van der Waals surface area contributed by atoms with Crippen LogP contribution in [0.5, 0.6) is 0 Å². The van der Waals surface area contributed by atoms with Crippen molar-refractivity contribution in [3.63, 3.8) is 0 Å². The zero-order valence-corrected chi connectivity index (χ0v) is 32.0. The quantitative estimate of drug-likeness (QED) is 0.138. The molecule has 0 aliphatic rings. The van der Waals surface area contributed by atoms with E-state index >= 15 is 0 Å². The van der Waals surface area contributed by atoms with Gasteiger partial charge < -0.3 is 10.0 Å². The third kappa shape index (κ3) is 8.00. The molecular weight excluding hydrogens is 751 g/mol. The van der Waals surface area contributed by atoms with Crippen LogP contribution in [0.3, 0.4) is 0 Å². The molecule has 0 spiro atoms. The van der Waals surface area contributed by atoms with Gasteiger partial charge in [0, 0.05) is 46.0 Å². The van der Waals surface area contributed by atoms with Crippen molar-refractivity contribution >= 4 is 71.6 Å². The fraction of sp³-hybridized carbons (Fsp3) is 0. The number of hydrogen-bond donors (Lipinski definition) is 2. The minimum atomic E-state index is -1.45. The van der Waals surface area contributed by atoms with Gasteiger partial charge in [-0.25, -0.2) is 0 Å². The smallest absolute Gasteiger partial charge is 0.423 e. The van der Waals surface area contributed by atoms with Gasteiger partial charge in [0.25, 0.3) is 0 Å². The molecule has 0 atom stereocenters. The first-order chi connectivity index (χ1) is 27.5. The van der Waals surface area contributed by atoms with Gasteiger partial charge in [0.05, 0.1) is 0 Å². The highest BCUT2D eigenvalue weighted by molar-refractivity contribution is 9.10. The van der Waals surface area contributed by atoms with E-state index in [2.05, 4.69) is 135 Å². The molecule has 0 aliphatic heterocycles. The van der Waals surface area contributed by atoms with Crippen molar-refractivity contribution < 1.29 is 10.0 Å². The van der Waals surface area contributed by atoms with Crippen molar-refractivity contribution in [1.29, 1.82) is 0 Å². The fourth-order valence-corrected chi connectivity index (χ4v) is 7.58. The number of halogens is 1. The first-order valence-corrected chi connectivity index (χ1v) is 19.2. The van der Waals surface area contributed by atoms with Crippen molar-refractivity contribution in [2.24, 2.45) is 0 Å². The van der Waals surface area contributed by atoms with Gasteiger partial charge in [-0.15, -0.1) is 0 Å². The molecule has 0 saturated carbocycles. The summed E-state index contributed by atoms with van der Waals surface area (Å²) in [5.41, 5.74) is 7.64. The van der Waals surface area contributed by atoms with Gasteiger partial charge in [0.2, 0.25) is 0 Å². The van der Waals surface area contributed by atoms with Gasteiger partial charge in [0.15, 0.2) is 0 Å². The molecule has 6 heteroatoms. The van der Waals surface area contributed by atoms with Crippen LogP contribution < -0.4 is 5.46 Å². The van der Waals surface area contributed by atoms with Crippen LogP contribution >= 0.6 is 15.9 Å². The van der Waals surface area contributed by atoms with Crippen LogP contribution in [0.1, 0.15) is 0 Å². The zero-order valence-electron chi connectivity index (χ0n) is 30.4. The van der Waals surface area contributed by atoms with Gasteiger partial charge in [-0.1, -0.05) is 158 Å². The fourth-order valence-electron chi connectivity index (χ4n) is 7.22. The number of aromatic nitrogens is 2. The van der Waals surface area contributed by atoms with E-state index in [0.29, 0.717) is 5.46 Å². The lowest BCUT2D eigenvalue weighted by Crippen LogP contribution is -2.31. The Morgan fingerprint density at radius 3 is 1.20 bits per heavy atom. The van der Waals surface area contributed by atoms with Crippen LogP contribution in [0.15, 0.2) is 211 Å². The van der Waals surface area contributed by atoms with E-state index in [0.717, 1.165) is 42.7 Å². The van der Waals surface area contributed by atoms with E-state index in [4.69, 9.17) is 0 Å². The molecule has 0 bridgehead atoms. The summed E-state index contributed by atoms with van der Waals surface area (Å²) < 4.78 is 1.01. The highest BCUT2D eigenvalue weighted by Gasteiger charge is 2.18. The molecule has 2 N–H and O–H groups in total. The predicted octanol–water partition coefficient (Wildman–Crippen LogP) is 11.9. The number of pyridine rings is 2. The molecule has 0 unspecified atom stereocenters. The topological polar surface area (TPSA) is 66.2 Å². The van der Waals surface area contributed by atoms with Gasteiger partial charge in [0.1, 0.15) is 0 Å². The average molecular weight is 788 g/mol. The maximum Gasteiger partial charge on any atom is 0.489 e. The van der Waals surface area contributed by atoms with Crippen molar-refractivity contribution in [3.05, 3.63) is 211 Å². The number of nitrogens with zero attached hydrogens (tertiary/aromatic N) is 2. The Hall–Kier alpha value is -6.44. The molecule has 0 aliphatic carbocycles. The molecule has 268 valence electrons. The molecule has 4 nitrogen and oxygen atoms in total. The Morgan fingerprint density at radius 1 is 0.357 bits per heavy atom. The van der Waals surface area contributed by atoms with E-state index in [1.807, 2.05) is 91.4 Å². The summed E-state index contributed by atoms with van der Waals surface area (Å²) in [6.45, 7) is 0. The summed E-state index contributed by atoms with van der Waals surface area (Å²) in [7, 11) is -1.45. The van der Waals surface area contributed by atoms with Crippen LogP contribution in [0.2, 0.25) is 0 Å². The van der Waals surface area contributed by atoms with Crippen LogP contribution in [0, 0.1) is 0 Å². The van der Waals surface area contributed by atoms with Gasteiger partial charge in [-0.05, 0) is 105 Å². The molecule has 0 saturated heterocycles. The van der Waals surface area contributed by atoms with Crippen LogP contribution in [-0.4, -0.2) is 27.1 Å². The second kappa shape index (κ2) is 16.9. The lowest BCUT2D eigenvalue weighted by atomic mass is 9.74. The molecular formula is C50H36BBrN2O2. The highest BCUT2D eigenvalue weighted by Crippen LogP contribution is 2.37. The summed E-state index contributed by atoms with van der Waals surface area (Å²) in [6, 6.07) is 61.9. The molecule has 2 heterocycles. The van der Waals surface area contributed by atoms with E-state index in [1.165, 1.54) is 38.2 Å². The Bertz CT molecular complexity index is 2810. The summed E-state index contributed by atoms with van der Waals surface area (Å²) in [5, 5.41) is 28.0. The maximum absolute atomic E-state index is 9.58. The van der Waals surface area contributed by atoms with E-state index in [-0.39, 0.29) is 0 Å². The molecule has 10 rings (SSSR count). The first-order valence-electron chi connectivity index (χ1n) is 18.4. The Balaban J connectivity index is 0.000000127. The number of rotatable bonds is 4. The molecule has 0 radical (unpaired) electrons. The highest BCUT2D eigenvalue weighted by atomic mass is 79.9. The Kier molecular flexibility index (Phi) is 11.0. The van der Waals surface area contributed by atoms with Crippen LogP contribution in [0.4, 0.5) is 0 Å². The predicted molar refractivity (Wildman–Crippen MR) is 239 cm³/mol. The monoisotopic (exact) mass is 786 g/mol. The summed E-state index contributed by atoms with van der Waals surface area (Å²) in [6.07, 6.45) is 7.55. The van der Waals surface area contributed by atoms with Crippen LogP contribution in [0.25, 0.3) is 76.5 Å². The summed E-state index contributed by atoms with van der Waals surface area (Å²) in [5.74, 6) is 0. The number of hydrogen-bond acceptors (Lipinski definition) is 4. The van der Waals surface area contributed by atoms with Crippen molar-refractivity contribution in [1.82, 2.24) is 9.97 Å². The van der Waals surface area contributed by atoms with Gasteiger partial charge >= 0.3 is 7.12 Å². The normalized spacial score (nSPS) is 10.8. The minimum Gasteiger partial charge on any atom is -0.423 e. The van der Waals surface area contributed by atoms with E-state index in [9.17, 15) is 10.0 Å². The molecule has 2 aromatic heterocycles. The third-order valence-electron chi connectivity index (χ3n) is 9.79. The molecule has 10 aromatic rings. The minimum absolute atomic E-state index is 0.582. The largest absolute Gasteiger partial charge is 0.489 e. The summed E-state index contributed by atoms with van der Waals surface area (Å²) >= 11 is 3.40. The lowest BCUT2D eigenvalue weighted by molar-refractivity contribution is 0.426. The second-order valence-corrected chi connectivity index (χ2v) is 14.3. The molecule has 8 aromatic carbocycles. The van der Waals surface area contributed by atoms with Crippen molar-refractivity contribution in [3.8, 4) is 33.4 Å². The van der Waals surface area contributed by atoms with Gasteiger partial charge in [-0.2, -0.15) is 0 Å². The van der Waals surface area contributed by atoms with Gasteiger partial charge in [-0.3, -0.25) is 9.97 Å². The SMILES string of the molecule is Brc1cncc(-c2ccccc2)c1.OB(O)c1c2ccccc2cc2ccccc12.c1ccc(-c2cncc(-c3c4ccccc4cc4ccccc34)c2)cc1. The average Bonchev–Trinajstić information content (AvgIpc) is 3.25. The second-order valence-electron chi connectivity index (χ2n) is 13.4. The molecule has 0 amide bonds. The van der Waals surface area contributed by atoms with Crippen molar-refractivity contribution in [2.45, 2.75) is 0 Å². The maximum atomic E-state index is 9.58. The lowest BCUT2D eigenvalue weighted by Gasteiger charge is -2.13.